The van der Waals surface area contributed by atoms with Crippen LogP contribution < -0.4 is 10.5 Å². The predicted octanol–water partition coefficient (Wildman–Crippen LogP) is 6.19. The quantitative estimate of drug-likeness (QED) is 0.261. The zero-order valence-corrected chi connectivity index (χ0v) is 21.7. The van der Waals surface area contributed by atoms with Crippen LogP contribution in [0.5, 0.6) is 0 Å². The Kier molecular flexibility index (Phi) is 5.68. The Morgan fingerprint density at radius 2 is 1.81 bits per heavy atom. The Balaban J connectivity index is 1.59. The summed E-state index contributed by atoms with van der Waals surface area (Å²) in [5.74, 6) is -1.26. The van der Waals surface area contributed by atoms with E-state index in [-0.39, 0.29) is 22.0 Å². The van der Waals surface area contributed by atoms with Crippen LogP contribution in [0.3, 0.4) is 0 Å². The second-order valence-electron chi connectivity index (χ2n) is 10.9. The number of hydrogen-bond donors (Lipinski definition) is 1. The summed E-state index contributed by atoms with van der Waals surface area (Å²) in [5.41, 5.74) is 4.09. The fourth-order valence-corrected chi connectivity index (χ4v) is 6.13. The molecule has 0 amide bonds. The number of nitriles is 1. The van der Waals surface area contributed by atoms with Gasteiger partial charge in [0.1, 0.15) is 17.2 Å². The Labute approximate surface area is 213 Å². The van der Waals surface area contributed by atoms with Crippen LogP contribution in [0.1, 0.15) is 67.0 Å². The second kappa shape index (κ2) is 8.49. The van der Waals surface area contributed by atoms with Gasteiger partial charge >= 0.3 is 11.6 Å². The van der Waals surface area contributed by atoms with Gasteiger partial charge in [-0.3, -0.25) is 0 Å². The molecule has 0 atom stereocenters. The molecule has 2 aliphatic heterocycles. The lowest BCUT2D eigenvalue weighted by Crippen LogP contribution is -2.44. The van der Waals surface area contributed by atoms with Crippen molar-refractivity contribution in [2.45, 2.75) is 51.4 Å². The highest BCUT2D eigenvalue weighted by Gasteiger charge is 2.41. The molecule has 6 nitrogen and oxygen atoms in total. The number of thiophene rings is 1. The molecule has 3 aromatic rings. The van der Waals surface area contributed by atoms with E-state index in [1.54, 1.807) is 18.2 Å². The van der Waals surface area contributed by atoms with Crippen LogP contribution in [0, 0.1) is 11.3 Å². The van der Waals surface area contributed by atoms with Crippen LogP contribution in [-0.4, -0.2) is 24.2 Å². The lowest BCUT2D eigenvalue weighted by molar-refractivity contribution is -0.132. The molecule has 184 valence electrons. The minimum atomic E-state index is -1.26. The Hall–Kier alpha value is -3.63. The summed E-state index contributed by atoms with van der Waals surface area (Å²) in [6, 6.07) is 9.38. The number of rotatable bonds is 4. The average Bonchev–Trinajstić information content (AvgIpc) is 3.26. The number of benzene rings is 1. The number of anilines is 1. The third-order valence-corrected chi connectivity index (χ3v) is 8.47. The van der Waals surface area contributed by atoms with E-state index in [9.17, 15) is 9.59 Å². The predicted molar refractivity (Wildman–Crippen MR) is 144 cm³/mol. The van der Waals surface area contributed by atoms with Gasteiger partial charge < -0.3 is 14.4 Å². The molecule has 0 fully saturated rings. The summed E-state index contributed by atoms with van der Waals surface area (Å²) in [4.78, 5) is 28.1. The van der Waals surface area contributed by atoms with Crippen LogP contribution in [-0.2, 0) is 15.6 Å². The molecule has 5 rings (SSSR count). The molecule has 2 aliphatic rings. The molecule has 0 saturated carbocycles. The van der Waals surface area contributed by atoms with Crippen LogP contribution in [0.2, 0.25) is 0 Å². The van der Waals surface area contributed by atoms with E-state index in [4.69, 9.17) is 14.8 Å². The van der Waals surface area contributed by atoms with Crippen molar-refractivity contribution < 1.29 is 14.3 Å². The van der Waals surface area contributed by atoms with Crippen LogP contribution in [0.25, 0.3) is 29.2 Å². The van der Waals surface area contributed by atoms with E-state index >= 15 is 0 Å². The summed E-state index contributed by atoms with van der Waals surface area (Å²) in [6.45, 7) is 11.1. The normalized spacial score (nSPS) is 18.3. The van der Waals surface area contributed by atoms with Gasteiger partial charge in [-0.15, -0.1) is 11.3 Å². The molecule has 0 spiro atoms. The molecule has 0 unspecified atom stereocenters. The van der Waals surface area contributed by atoms with Gasteiger partial charge in [-0.05, 0) is 71.7 Å². The first-order chi connectivity index (χ1) is 17.0. The van der Waals surface area contributed by atoms with E-state index in [0.29, 0.717) is 16.0 Å². The number of aliphatic carboxylic acids is 1. The van der Waals surface area contributed by atoms with Gasteiger partial charge in [-0.2, -0.15) is 5.26 Å². The molecule has 36 heavy (non-hydrogen) atoms. The van der Waals surface area contributed by atoms with Crippen molar-refractivity contribution in [1.82, 2.24) is 0 Å². The lowest BCUT2D eigenvalue weighted by Gasteiger charge is -2.48. The molecule has 7 heteroatoms. The monoisotopic (exact) mass is 500 g/mol. The summed E-state index contributed by atoms with van der Waals surface area (Å²) in [6.07, 6.45) is 6.98. The van der Waals surface area contributed by atoms with Crippen molar-refractivity contribution in [3.05, 3.63) is 66.7 Å². The minimum absolute atomic E-state index is 0.0352. The fraction of sp³-hybridized carbons (Fsp3) is 0.345. The molecule has 2 aromatic heterocycles. The van der Waals surface area contributed by atoms with E-state index in [0.717, 1.165) is 41.8 Å². The maximum absolute atomic E-state index is 13.1. The molecular formula is C29H28N2O4S. The summed E-state index contributed by atoms with van der Waals surface area (Å²) >= 11 is 1.34. The fourth-order valence-electron chi connectivity index (χ4n) is 5.28. The Morgan fingerprint density at radius 3 is 2.50 bits per heavy atom. The third kappa shape index (κ3) is 4.06. The molecule has 4 heterocycles. The number of carboxylic acid groups (broad SMARTS) is 1. The first-order valence-corrected chi connectivity index (χ1v) is 12.9. The highest BCUT2D eigenvalue weighted by atomic mass is 32.1. The lowest BCUT2D eigenvalue weighted by atomic mass is 9.69. The van der Waals surface area contributed by atoms with Crippen molar-refractivity contribution in [2.75, 3.05) is 18.0 Å². The molecule has 0 aliphatic carbocycles. The zero-order chi connectivity index (χ0) is 25.8. The summed E-state index contributed by atoms with van der Waals surface area (Å²) in [5, 5.41) is 19.0. The highest BCUT2D eigenvalue weighted by Crippen LogP contribution is 2.51. The van der Waals surface area contributed by atoms with Gasteiger partial charge in [-0.1, -0.05) is 27.7 Å². The maximum atomic E-state index is 13.1. The minimum Gasteiger partial charge on any atom is -0.477 e. The zero-order valence-electron chi connectivity index (χ0n) is 20.8. The van der Waals surface area contributed by atoms with Gasteiger partial charge in [0.15, 0.2) is 0 Å². The van der Waals surface area contributed by atoms with Crippen molar-refractivity contribution >= 4 is 52.2 Å². The van der Waals surface area contributed by atoms with Crippen molar-refractivity contribution in [3.8, 4) is 6.07 Å². The van der Waals surface area contributed by atoms with Crippen LogP contribution >= 0.6 is 11.3 Å². The van der Waals surface area contributed by atoms with Crippen molar-refractivity contribution in [2.24, 2.45) is 0 Å². The van der Waals surface area contributed by atoms with Gasteiger partial charge in [0.2, 0.25) is 0 Å². The average molecular weight is 501 g/mol. The molecule has 1 aromatic carbocycles. The summed E-state index contributed by atoms with van der Waals surface area (Å²) in [7, 11) is 0. The van der Waals surface area contributed by atoms with Crippen molar-refractivity contribution in [1.29, 1.82) is 5.26 Å². The number of hydrogen-bond acceptors (Lipinski definition) is 6. The Bertz CT molecular complexity index is 1560. The van der Waals surface area contributed by atoms with Gasteiger partial charge in [0.05, 0.1) is 5.56 Å². The summed E-state index contributed by atoms with van der Waals surface area (Å²) < 4.78 is 6.01. The maximum Gasteiger partial charge on any atom is 0.346 e. The van der Waals surface area contributed by atoms with Gasteiger partial charge in [0, 0.05) is 39.5 Å². The molecular weight excluding hydrogens is 472 g/mol. The van der Waals surface area contributed by atoms with E-state index in [1.165, 1.54) is 28.7 Å². The molecule has 0 radical (unpaired) electrons. The first-order valence-electron chi connectivity index (χ1n) is 12.0. The topological polar surface area (TPSA) is 94.5 Å². The number of carbonyl (C=O) groups is 1. The van der Waals surface area contributed by atoms with Gasteiger partial charge in [-0.25, -0.2) is 9.59 Å². The first kappa shape index (κ1) is 24.1. The van der Waals surface area contributed by atoms with Crippen molar-refractivity contribution in [3.63, 3.8) is 0 Å². The highest BCUT2D eigenvalue weighted by molar-refractivity contribution is 7.13. The molecule has 0 saturated heterocycles. The van der Waals surface area contributed by atoms with E-state index < -0.39 is 5.97 Å². The van der Waals surface area contributed by atoms with E-state index in [2.05, 4.69) is 38.7 Å². The number of carboxylic acids is 1. The second-order valence-corrected chi connectivity index (χ2v) is 12.0. The third-order valence-electron chi connectivity index (χ3n) is 7.47. The molecule has 1 N–H and O–H groups in total. The van der Waals surface area contributed by atoms with E-state index in [1.807, 2.05) is 18.2 Å². The van der Waals surface area contributed by atoms with Crippen LogP contribution in [0.4, 0.5) is 5.69 Å². The van der Waals surface area contributed by atoms with Gasteiger partial charge in [0.25, 0.3) is 0 Å². The number of fused-ring (bicyclic) bond motifs is 2. The largest absolute Gasteiger partial charge is 0.477 e. The standard InChI is InChI=1S/C29H28N2O4S/c1-28(2)9-11-31-12-10-29(3,4)23-24(31)22(28)15-18-13-17(27(34)35-25(18)23)5-6-20-7-8-21(36-20)14-19(16-30)26(32)33/h5-8,13-15H,9-12H2,1-4H3,(H,32,33)/b6-5+,19-14+. The molecule has 0 bridgehead atoms. The Morgan fingerprint density at radius 1 is 1.11 bits per heavy atom. The number of nitrogens with zero attached hydrogens (tertiary/aromatic N) is 2. The smallest absolute Gasteiger partial charge is 0.346 e. The SMILES string of the molecule is CC1(C)CCN2CCC(C)(C)c3c2c1cc1cc(/C=C/c2ccc(/C=C(\C#N)C(=O)O)s2)c(=O)oc31. The van der Waals surface area contributed by atoms with Crippen LogP contribution in [0.15, 0.2) is 39.1 Å².